The SMILES string of the molecule is COc1cc([C@H]2C3=CC[C@@H]4C(=O)N(c5ccc(-c6nc7ccccc7o6)cc5)C(=O)[C@@H]4[C@@H]3C[C@@]3(Cl)C(=O)N(CBr)C(=O)[C@@]23Cl)cc(Br)c1O. The number of alkyl halides is 3. The standard InChI is InChI=1S/C35H25Br2Cl2N3O7/c1-48-25-13-17(12-22(37)28(25)43)27-19-10-11-20-26(21(19)14-34(38)32(46)41(15-36)33(47)35(27,34)39)31(45)42(30(20)44)18-8-6-16(7-9-18)29-40-23-4-2-3-5-24(23)49-29/h2-10,12-13,20-21,26-27,43H,11,14-15H2,1H3/t20-,21+,26-,27-,34+,35-/m0/s1. The van der Waals surface area contributed by atoms with Crippen LogP contribution in [0.1, 0.15) is 24.3 Å². The van der Waals surface area contributed by atoms with Crippen molar-refractivity contribution in [1.82, 2.24) is 9.88 Å². The van der Waals surface area contributed by atoms with E-state index in [2.05, 4.69) is 36.8 Å². The molecule has 2 saturated heterocycles. The Morgan fingerprint density at radius 2 is 1.76 bits per heavy atom. The van der Waals surface area contributed by atoms with E-state index < -0.39 is 51.1 Å². The van der Waals surface area contributed by atoms with Gasteiger partial charge in [-0.25, -0.2) is 4.98 Å². The Bertz CT molecular complexity index is 2120. The topological polar surface area (TPSA) is 130 Å². The number of nitrogens with zero attached hydrogens (tertiary/aromatic N) is 3. The summed E-state index contributed by atoms with van der Waals surface area (Å²) in [7, 11) is 1.38. The summed E-state index contributed by atoms with van der Waals surface area (Å²) >= 11 is 21.2. The minimum atomic E-state index is -1.98. The van der Waals surface area contributed by atoms with Gasteiger partial charge < -0.3 is 14.3 Å². The van der Waals surface area contributed by atoms with E-state index in [9.17, 15) is 24.3 Å². The van der Waals surface area contributed by atoms with Crippen LogP contribution < -0.4 is 9.64 Å². The molecule has 0 unspecified atom stereocenters. The zero-order chi connectivity index (χ0) is 34.6. The van der Waals surface area contributed by atoms with Crippen molar-refractivity contribution in [3.63, 3.8) is 0 Å². The summed E-state index contributed by atoms with van der Waals surface area (Å²) in [6, 6.07) is 17.4. The normalized spacial score (nSPS) is 29.3. The molecule has 4 aromatic rings. The molecule has 0 bridgehead atoms. The second-order valence-electron chi connectivity index (χ2n) is 12.6. The number of benzene rings is 3. The predicted octanol–water partition coefficient (Wildman–Crippen LogP) is 6.89. The molecule has 4 aliphatic rings. The highest BCUT2D eigenvalue weighted by atomic mass is 79.9. The second-order valence-corrected chi connectivity index (χ2v) is 15.2. The molecule has 0 radical (unpaired) electrons. The van der Waals surface area contributed by atoms with Crippen LogP contribution in [0.5, 0.6) is 11.5 Å². The fourth-order valence-corrected chi connectivity index (χ4v) is 9.93. The number of amides is 4. The van der Waals surface area contributed by atoms with Crippen LogP contribution in [0.4, 0.5) is 5.69 Å². The number of rotatable bonds is 5. The van der Waals surface area contributed by atoms with E-state index in [1.165, 1.54) is 12.0 Å². The number of phenols is 1. The van der Waals surface area contributed by atoms with E-state index in [1.54, 1.807) is 36.4 Å². The maximum absolute atomic E-state index is 14.4. The quantitative estimate of drug-likeness (QED) is 0.0998. The number of oxazole rings is 1. The molecule has 14 heteroatoms. The summed E-state index contributed by atoms with van der Waals surface area (Å²) in [5, 5.41) is 10.6. The van der Waals surface area contributed by atoms with Crippen molar-refractivity contribution in [2.75, 3.05) is 17.5 Å². The number of ether oxygens (including phenoxy) is 1. The first kappa shape index (κ1) is 32.5. The van der Waals surface area contributed by atoms with Gasteiger partial charge in [0.15, 0.2) is 26.8 Å². The number of aromatic nitrogens is 1. The minimum Gasteiger partial charge on any atom is -0.503 e. The maximum atomic E-state index is 14.4. The Morgan fingerprint density at radius 1 is 1.02 bits per heavy atom. The van der Waals surface area contributed by atoms with E-state index in [4.69, 9.17) is 32.4 Å². The summed E-state index contributed by atoms with van der Waals surface area (Å²) in [6.45, 7) is 0. The number of hydrogen-bond acceptors (Lipinski definition) is 8. The number of methoxy groups -OCH3 is 1. The van der Waals surface area contributed by atoms with Crippen molar-refractivity contribution in [2.45, 2.75) is 28.5 Å². The third kappa shape index (κ3) is 4.39. The molecule has 0 spiro atoms. The van der Waals surface area contributed by atoms with Gasteiger partial charge in [0, 0.05) is 11.5 Å². The molecule has 8 rings (SSSR count). The molecular weight excluding hydrogens is 805 g/mol. The predicted molar refractivity (Wildman–Crippen MR) is 188 cm³/mol. The molecule has 10 nitrogen and oxygen atoms in total. The van der Waals surface area contributed by atoms with Crippen LogP contribution in [0.2, 0.25) is 0 Å². The first-order valence-corrected chi connectivity index (χ1v) is 18.0. The number of imide groups is 2. The molecule has 6 atom stereocenters. The minimum absolute atomic E-state index is 0.106. The number of carbonyl (C=O) groups excluding carboxylic acids is 4. The number of likely N-dealkylation sites (tertiary alicyclic amines) is 1. The maximum Gasteiger partial charge on any atom is 0.254 e. The van der Waals surface area contributed by atoms with Crippen LogP contribution in [-0.2, 0) is 19.2 Å². The Balaban J connectivity index is 1.20. The molecule has 250 valence electrons. The molecule has 1 aromatic heterocycles. The number of carbonyl (C=O) groups is 4. The Hall–Kier alpha value is -3.71. The fraction of sp³-hybridized carbons (Fsp3) is 0.286. The second kappa shape index (κ2) is 11.4. The average Bonchev–Trinajstić information content (AvgIpc) is 3.69. The number of aromatic hydroxyl groups is 1. The van der Waals surface area contributed by atoms with Crippen molar-refractivity contribution in [3.05, 3.63) is 82.3 Å². The number of fused-ring (bicyclic) bond motifs is 5. The smallest absolute Gasteiger partial charge is 0.254 e. The van der Waals surface area contributed by atoms with E-state index in [0.717, 1.165) is 4.90 Å². The van der Waals surface area contributed by atoms with Gasteiger partial charge in [0.2, 0.25) is 17.7 Å². The molecule has 2 aliphatic heterocycles. The first-order valence-electron chi connectivity index (χ1n) is 15.3. The Labute approximate surface area is 306 Å². The highest BCUT2D eigenvalue weighted by Gasteiger charge is 2.76. The lowest BCUT2D eigenvalue weighted by Gasteiger charge is -2.50. The average molecular weight is 830 g/mol. The van der Waals surface area contributed by atoms with Gasteiger partial charge in [-0.3, -0.25) is 29.0 Å². The third-order valence-electron chi connectivity index (χ3n) is 10.3. The van der Waals surface area contributed by atoms with Crippen LogP contribution in [0.3, 0.4) is 0 Å². The molecule has 3 aromatic carbocycles. The Morgan fingerprint density at radius 3 is 2.45 bits per heavy atom. The van der Waals surface area contributed by atoms with Gasteiger partial charge in [-0.15, -0.1) is 23.2 Å². The van der Waals surface area contributed by atoms with Crippen LogP contribution in [0.25, 0.3) is 22.6 Å². The highest BCUT2D eigenvalue weighted by molar-refractivity contribution is 9.10. The molecule has 1 N–H and O–H groups in total. The van der Waals surface area contributed by atoms with Crippen molar-refractivity contribution in [1.29, 1.82) is 0 Å². The van der Waals surface area contributed by atoms with Crippen LogP contribution in [-0.4, -0.2) is 60.9 Å². The lowest BCUT2D eigenvalue weighted by molar-refractivity contribution is -0.138. The lowest BCUT2D eigenvalue weighted by Crippen LogP contribution is -2.60. The number of halogens is 4. The summed E-state index contributed by atoms with van der Waals surface area (Å²) in [5.41, 5.74) is 3.34. The van der Waals surface area contributed by atoms with Gasteiger partial charge in [0.05, 0.1) is 34.6 Å². The lowest BCUT2D eigenvalue weighted by atomic mass is 9.56. The molecule has 3 heterocycles. The van der Waals surface area contributed by atoms with Crippen LogP contribution >= 0.6 is 55.1 Å². The molecular formula is C35H25Br2Cl2N3O7. The van der Waals surface area contributed by atoms with Crippen molar-refractivity contribution >= 4 is 95.5 Å². The molecule has 1 saturated carbocycles. The Kier molecular flexibility index (Phi) is 7.57. The van der Waals surface area contributed by atoms with Crippen molar-refractivity contribution in [2.24, 2.45) is 17.8 Å². The van der Waals surface area contributed by atoms with Gasteiger partial charge in [-0.2, -0.15) is 0 Å². The third-order valence-corrected chi connectivity index (χ3v) is 12.8. The first-order chi connectivity index (χ1) is 23.4. The molecule has 4 amide bonds. The summed E-state index contributed by atoms with van der Waals surface area (Å²) < 4.78 is 11.6. The number of anilines is 1. The van der Waals surface area contributed by atoms with Gasteiger partial charge >= 0.3 is 0 Å². The van der Waals surface area contributed by atoms with Crippen molar-refractivity contribution in [3.8, 4) is 23.0 Å². The van der Waals surface area contributed by atoms with Gasteiger partial charge in [0.25, 0.3) is 11.8 Å². The van der Waals surface area contributed by atoms with E-state index in [0.29, 0.717) is 39.4 Å². The van der Waals surface area contributed by atoms with E-state index in [-0.39, 0.29) is 40.2 Å². The molecule has 3 fully saturated rings. The zero-order valence-corrected chi connectivity index (χ0v) is 30.2. The largest absolute Gasteiger partial charge is 0.503 e. The summed E-state index contributed by atoms with van der Waals surface area (Å²) in [6.07, 6.45) is 1.91. The fourth-order valence-electron chi connectivity index (χ4n) is 8.05. The summed E-state index contributed by atoms with van der Waals surface area (Å²) in [5.74, 6) is -5.13. The number of phenolic OH excluding ortho intramolecular Hbond substituents is 1. The monoisotopic (exact) mass is 827 g/mol. The number of allylic oxidation sites excluding steroid dienone is 2. The number of hydrogen-bond donors (Lipinski definition) is 1. The highest BCUT2D eigenvalue weighted by Crippen LogP contribution is 2.66. The molecule has 49 heavy (non-hydrogen) atoms. The van der Waals surface area contributed by atoms with E-state index in [1.807, 2.05) is 30.3 Å². The van der Waals surface area contributed by atoms with Crippen molar-refractivity contribution < 1.29 is 33.4 Å². The van der Waals surface area contributed by atoms with Crippen LogP contribution in [0, 0.1) is 17.8 Å². The zero-order valence-electron chi connectivity index (χ0n) is 25.5. The van der Waals surface area contributed by atoms with Gasteiger partial charge in [-0.1, -0.05) is 39.7 Å². The molecule has 2 aliphatic carbocycles. The van der Waals surface area contributed by atoms with Gasteiger partial charge in [0.1, 0.15) is 5.52 Å². The van der Waals surface area contributed by atoms with Gasteiger partial charge in [-0.05, 0) is 88.8 Å². The van der Waals surface area contributed by atoms with E-state index >= 15 is 0 Å². The number of para-hydroxylation sites is 2. The van der Waals surface area contributed by atoms with Crippen LogP contribution in [0.15, 0.2) is 81.2 Å². The summed E-state index contributed by atoms with van der Waals surface area (Å²) in [4.78, 5) is 59.1.